The van der Waals surface area contributed by atoms with E-state index >= 15 is 0 Å². The molecule has 0 bridgehead atoms. The number of aryl methyl sites for hydroxylation is 1. The number of rotatable bonds is 2. The molecule has 0 atom stereocenters. The van der Waals surface area contributed by atoms with Crippen molar-refractivity contribution in [3.63, 3.8) is 0 Å². The summed E-state index contributed by atoms with van der Waals surface area (Å²) >= 11 is 1.67. The molecule has 1 aromatic heterocycles. The molecule has 1 saturated carbocycles. The van der Waals surface area contributed by atoms with Gasteiger partial charge in [0, 0.05) is 10.4 Å². The van der Waals surface area contributed by atoms with Crippen LogP contribution < -0.4 is 0 Å². The molecular formula is C14H12N2S. The highest BCUT2D eigenvalue weighted by Crippen LogP contribution is 2.51. The van der Waals surface area contributed by atoms with Gasteiger partial charge in [-0.1, -0.05) is 30.3 Å². The molecule has 0 radical (unpaired) electrons. The summed E-state index contributed by atoms with van der Waals surface area (Å²) in [5.41, 5.74) is 1.95. The zero-order valence-corrected chi connectivity index (χ0v) is 10.4. The van der Waals surface area contributed by atoms with E-state index in [0.717, 1.165) is 29.1 Å². The van der Waals surface area contributed by atoms with Crippen molar-refractivity contribution >= 4 is 11.3 Å². The van der Waals surface area contributed by atoms with Gasteiger partial charge in [-0.25, -0.2) is 4.98 Å². The van der Waals surface area contributed by atoms with Crippen LogP contribution in [0.4, 0.5) is 0 Å². The fraction of sp³-hybridized carbons (Fsp3) is 0.286. The predicted molar refractivity (Wildman–Crippen MR) is 68.8 cm³/mol. The summed E-state index contributed by atoms with van der Waals surface area (Å²) in [6, 6.07) is 12.6. The van der Waals surface area contributed by atoms with Gasteiger partial charge in [-0.15, -0.1) is 11.3 Å². The number of hydrogen-bond donors (Lipinski definition) is 0. The van der Waals surface area contributed by atoms with Gasteiger partial charge < -0.3 is 0 Å². The van der Waals surface area contributed by atoms with Gasteiger partial charge in [0.1, 0.15) is 5.01 Å². The highest BCUT2D eigenvalue weighted by atomic mass is 32.1. The van der Waals surface area contributed by atoms with Gasteiger partial charge in [-0.2, -0.15) is 5.26 Å². The standard InChI is InChI=1S/C14H12N2S/c1-10-12(14(9-15)7-8-14)17-13(16-10)11-5-3-2-4-6-11/h2-6H,7-8H2,1H3. The smallest absolute Gasteiger partial charge is 0.123 e. The van der Waals surface area contributed by atoms with Crippen molar-refractivity contribution in [3.05, 3.63) is 40.9 Å². The Balaban J connectivity index is 2.06. The van der Waals surface area contributed by atoms with Crippen LogP contribution in [-0.4, -0.2) is 4.98 Å². The molecule has 1 aliphatic carbocycles. The van der Waals surface area contributed by atoms with Crippen LogP contribution in [0.3, 0.4) is 0 Å². The SMILES string of the molecule is Cc1nc(-c2ccccc2)sc1C1(C#N)CC1. The average Bonchev–Trinajstić information content (AvgIpc) is 3.07. The first-order valence-corrected chi connectivity index (χ1v) is 6.51. The molecule has 1 fully saturated rings. The lowest BCUT2D eigenvalue weighted by Gasteiger charge is -2.00. The van der Waals surface area contributed by atoms with Gasteiger partial charge in [-0.05, 0) is 19.8 Å². The number of benzene rings is 1. The second kappa shape index (κ2) is 3.68. The minimum atomic E-state index is -0.214. The maximum Gasteiger partial charge on any atom is 0.123 e. The molecule has 2 nitrogen and oxygen atoms in total. The Morgan fingerprint density at radius 2 is 2.00 bits per heavy atom. The number of thiazole rings is 1. The number of nitrogens with zero attached hydrogens (tertiary/aromatic N) is 2. The van der Waals surface area contributed by atoms with E-state index in [1.54, 1.807) is 11.3 Å². The molecule has 1 aromatic carbocycles. The van der Waals surface area contributed by atoms with Crippen molar-refractivity contribution in [2.24, 2.45) is 0 Å². The first-order chi connectivity index (χ1) is 8.25. The minimum Gasteiger partial charge on any atom is -0.241 e. The molecule has 0 spiro atoms. The number of nitriles is 1. The van der Waals surface area contributed by atoms with E-state index < -0.39 is 0 Å². The molecule has 2 aromatic rings. The molecule has 17 heavy (non-hydrogen) atoms. The van der Waals surface area contributed by atoms with Gasteiger partial charge >= 0.3 is 0 Å². The highest BCUT2D eigenvalue weighted by molar-refractivity contribution is 7.15. The first kappa shape index (κ1) is 10.5. The average molecular weight is 240 g/mol. The maximum atomic E-state index is 9.24. The van der Waals surface area contributed by atoms with Crippen LogP contribution in [0.15, 0.2) is 30.3 Å². The summed E-state index contributed by atoms with van der Waals surface area (Å²) in [4.78, 5) is 5.77. The zero-order chi connectivity index (χ0) is 11.9. The summed E-state index contributed by atoms with van der Waals surface area (Å²) in [5, 5.41) is 10.3. The number of aromatic nitrogens is 1. The van der Waals surface area contributed by atoms with Crippen LogP contribution >= 0.6 is 11.3 Å². The lowest BCUT2D eigenvalue weighted by molar-refractivity contribution is 0.914. The van der Waals surface area contributed by atoms with E-state index in [1.165, 1.54) is 4.88 Å². The van der Waals surface area contributed by atoms with Crippen molar-refractivity contribution in [2.75, 3.05) is 0 Å². The summed E-state index contributed by atoms with van der Waals surface area (Å²) in [5.74, 6) is 0. The highest BCUT2D eigenvalue weighted by Gasteiger charge is 2.47. The Kier molecular flexibility index (Phi) is 2.27. The van der Waals surface area contributed by atoms with E-state index in [2.05, 4.69) is 23.2 Å². The lowest BCUT2D eigenvalue weighted by atomic mass is 10.1. The molecule has 0 aliphatic heterocycles. The van der Waals surface area contributed by atoms with Crippen LogP contribution in [0, 0.1) is 18.3 Å². The molecule has 84 valence electrons. The molecule has 1 aliphatic rings. The molecule has 0 saturated heterocycles. The van der Waals surface area contributed by atoms with Crippen LogP contribution in [0.25, 0.3) is 10.6 Å². The second-order valence-electron chi connectivity index (χ2n) is 4.49. The normalized spacial score (nSPS) is 16.5. The summed E-state index contributed by atoms with van der Waals surface area (Å²) in [7, 11) is 0. The Labute approximate surface area is 105 Å². The lowest BCUT2D eigenvalue weighted by Crippen LogP contribution is -2.01. The first-order valence-electron chi connectivity index (χ1n) is 5.70. The van der Waals surface area contributed by atoms with E-state index in [4.69, 9.17) is 0 Å². The third-order valence-electron chi connectivity index (χ3n) is 3.22. The Morgan fingerprint density at radius 3 is 2.59 bits per heavy atom. The largest absolute Gasteiger partial charge is 0.241 e. The summed E-state index contributed by atoms with van der Waals surface area (Å²) < 4.78 is 0. The topological polar surface area (TPSA) is 36.7 Å². The third kappa shape index (κ3) is 1.65. The quantitative estimate of drug-likeness (QED) is 0.803. The van der Waals surface area contributed by atoms with Crippen LogP contribution in [0.1, 0.15) is 23.4 Å². The second-order valence-corrected chi connectivity index (χ2v) is 5.49. The predicted octanol–water partition coefficient (Wildman–Crippen LogP) is 3.67. The molecule has 1 heterocycles. The monoisotopic (exact) mass is 240 g/mol. The van der Waals surface area contributed by atoms with E-state index in [-0.39, 0.29) is 5.41 Å². The molecule has 0 amide bonds. The minimum absolute atomic E-state index is 0.214. The summed E-state index contributed by atoms with van der Waals surface area (Å²) in [6.45, 7) is 2.01. The van der Waals surface area contributed by atoms with Crippen molar-refractivity contribution in [2.45, 2.75) is 25.2 Å². The van der Waals surface area contributed by atoms with Gasteiger partial charge in [-0.3, -0.25) is 0 Å². The van der Waals surface area contributed by atoms with Crippen LogP contribution in [0.5, 0.6) is 0 Å². The Bertz CT molecular complexity index is 588. The van der Waals surface area contributed by atoms with Crippen molar-refractivity contribution in [1.29, 1.82) is 5.26 Å². The van der Waals surface area contributed by atoms with Crippen LogP contribution in [-0.2, 0) is 5.41 Å². The van der Waals surface area contributed by atoms with E-state index in [9.17, 15) is 5.26 Å². The van der Waals surface area contributed by atoms with Gasteiger partial charge in [0.2, 0.25) is 0 Å². The van der Waals surface area contributed by atoms with Gasteiger partial charge in [0.05, 0.1) is 17.2 Å². The van der Waals surface area contributed by atoms with E-state index in [0.29, 0.717) is 0 Å². The zero-order valence-electron chi connectivity index (χ0n) is 9.60. The Hall–Kier alpha value is -1.66. The molecule has 0 unspecified atom stereocenters. The van der Waals surface area contributed by atoms with Crippen molar-refractivity contribution in [3.8, 4) is 16.6 Å². The molecule has 3 heteroatoms. The maximum absolute atomic E-state index is 9.24. The molecule has 0 N–H and O–H groups in total. The van der Waals surface area contributed by atoms with Gasteiger partial charge in [0.15, 0.2) is 0 Å². The Morgan fingerprint density at radius 1 is 1.29 bits per heavy atom. The third-order valence-corrected chi connectivity index (χ3v) is 4.63. The summed E-state index contributed by atoms with van der Waals surface area (Å²) in [6.07, 6.45) is 1.97. The van der Waals surface area contributed by atoms with Gasteiger partial charge in [0.25, 0.3) is 0 Å². The van der Waals surface area contributed by atoms with Crippen molar-refractivity contribution < 1.29 is 0 Å². The fourth-order valence-electron chi connectivity index (χ4n) is 2.06. The molecular weight excluding hydrogens is 228 g/mol. The molecule has 3 rings (SSSR count). The van der Waals surface area contributed by atoms with E-state index in [1.807, 2.05) is 25.1 Å². The van der Waals surface area contributed by atoms with Crippen molar-refractivity contribution in [1.82, 2.24) is 4.98 Å². The number of hydrogen-bond acceptors (Lipinski definition) is 3. The fourth-order valence-corrected chi connectivity index (χ4v) is 3.33. The van der Waals surface area contributed by atoms with Crippen LogP contribution in [0.2, 0.25) is 0 Å².